The first-order valence-electron chi connectivity index (χ1n) is 9.50. The molecule has 1 amide bonds. The van der Waals surface area contributed by atoms with E-state index in [2.05, 4.69) is 17.0 Å². The summed E-state index contributed by atoms with van der Waals surface area (Å²) in [5.74, 6) is 0.172. The number of hydrogen-bond donors (Lipinski definition) is 2. The molecule has 2 aromatic rings. The van der Waals surface area contributed by atoms with Gasteiger partial charge in [0.25, 0.3) is 0 Å². The largest absolute Gasteiger partial charge is 0.494 e. The smallest absolute Gasteiger partial charge is 0.242 e. The second-order valence-electron chi connectivity index (χ2n) is 6.54. The molecule has 0 aliphatic carbocycles. The Hall–Kier alpha value is -2.38. The molecule has 0 aliphatic rings. The van der Waals surface area contributed by atoms with Gasteiger partial charge in [-0.1, -0.05) is 25.5 Å². The molecule has 2 N–H and O–H groups in total. The fourth-order valence-electron chi connectivity index (χ4n) is 2.62. The van der Waals surface area contributed by atoms with Crippen LogP contribution in [0.15, 0.2) is 53.4 Å². The minimum atomic E-state index is -3.81. The molecule has 2 aromatic carbocycles. The highest BCUT2D eigenvalue weighted by atomic mass is 32.2. The Morgan fingerprint density at radius 1 is 1.04 bits per heavy atom. The standard InChI is InChI=1S/C21H28N2O4S/c1-4-6-7-17-8-10-18(11-9-17)22-21(24)16(3)23-28(25,26)20-14-12-19(13-15-20)27-5-2/h8-16,23H,4-7H2,1-3H3,(H,22,24)/t16-/m0/s1. The van der Waals surface area contributed by atoms with Crippen LogP contribution in [-0.4, -0.2) is 27.0 Å². The van der Waals surface area contributed by atoms with Crippen molar-refractivity contribution in [3.05, 3.63) is 54.1 Å². The third-order valence-corrected chi connectivity index (χ3v) is 5.77. The van der Waals surface area contributed by atoms with Crippen molar-refractivity contribution in [1.82, 2.24) is 4.72 Å². The number of aryl methyl sites for hydroxylation is 1. The number of anilines is 1. The van der Waals surface area contributed by atoms with E-state index in [4.69, 9.17) is 4.74 Å². The zero-order chi connectivity index (χ0) is 20.6. The monoisotopic (exact) mass is 404 g/mol. The summed E-state index contributed by atoms with van der Waals surface area (Å²) in [4.78, 5) is 12.4. The lowest BCUT2D eigenvalue weighted by Gasteiger charge is -2.15. The molecule has 0 spiro atoms. The zero-order valence-electron chi connectivity index (χ0n) is 16.6. The summed E-state index contributed by atoms with van der Waals surface area (Å²) in [5, 5.41) is 2.74. The van der Waals surface area contributed by atoms with E-state index in [0.29, 0.717) is 18.0 Å². The van der Waals surface area contributed by atoms with Gasteiger partial charge in [-0.05, 0) is 68.7 Å². The molecule has 152 valence electrons. The van der Waals surface area contributed by atoms with Gasteiger partial charge in [0.1, 0.15) is 5.75 Å². The maximum atomic E-state index is 12.5. The summed E-state index contributed by atoms with van der Waals surface area (Å²) in [6.07, 6.45) is 3.25. The van der Waals surface area contributed by atoms with Gasteiger partial charge in [0, 0.05) is 5.69 Å². The van der Waals surface area contributed by atoms with E-state index in [1.54, 1.807) is 12.1 Å². The fourth-order valence-corrected chi connectivity index (χ4v) is 3.83. The second kappa shape index (κ2) is 10.2. The predicted octanol–water partition coefficient (Wildman–Crippen LogP) is 3.73. The molecule has 0 aliphatic heterocycles. The molecule has 0 unspecified atom stereocenters. The quantitative estimate of drug-likeness (QED) is 0.632. The molecule has 1 atom stereocenters. The third kappa shape index (κ3) is 6.35. The lowest BCUT2D eigenvalue weighted by Crippen LogP contribution is -2.41. The molecule has 2 rings (SSSR count). The SMILES string of the molecule is CCCCc1ccc(NC(=O)[C@H](C)NS(=O)(=O)c2ccc(OCC)cc2)cc1. The number of benzene rings is 2. The summed E-state index contributed by atoms with van der Waals surface area (Å²) in [6.45, 7) is 6.01. The Morgan fingerprint density at radius 3 is 2.25 bits per heavy atom. The molecule has 0 saturated heterocycles. The number of ether oxygens (including phenoxy) is 1. The fraction of sp³-hybridized carbons (Fsp3) is 0.381. The van der Waals surface area contributed by atoms with Crippen LogP contribution in [0.1, 0.15) is 39.2 Å². The van der Waals surface area contributed by atoms with Crippen molar-refractivity contribution in [1.29, 1.82) is 0 Å². The van der Waals surface area contributed by atoms with E-state index < -0.39 is 22.0 Å². The second-order valence-corrected chi connectivity index (χ2v) is 8.25. The molecule has 0 saturated carbocycles. The number of amides is 1. The van der Waals surface area contributed by atoms with E-state index >= 15 is 0 Å². The van der Waals surface area contributed by atoms with Crippen molar-refractivity contribution in [3.63, 3.8) is 0 Å². The number of rotatable bonds is 10. The number of carbonyl (C=O) groups is 1. The predicted molar refractivity (Wildman–Crippen MR) is 111 cm³/mol. The van der Waals surface area contributed by atoms with Gasteiger partial charge >= 0.3 is 0 Å². The summed E-state index contributed by atoms with van der Waals surface area (Å²) < 4.78 is 32.7. The first-order chi connectivity index (χ1) is 13.4. The van der Waals surface area contributed by atoms with Gasteiger partial charge in [-0.15, -0.1) is 0 Å². The van der Waals surface area contributed by atoms with Crippen molar-refractivity contribution >= 4 is 21.6 Å². The van der Waals surface area contributed by atoms with Crippen LogP contribution >= 0.6 is 0 Å². The topological polar surface area (TPSA) is 84.5 Å². The zero-order valence-corrected chi connectivity index (χ0v) is 17.4. The average molecular weight is 405 g/mol. The summed E-state index contributed by atoms with van der Waals surface area (Å²) in [7, 11) is -3.81. The van der Waals surface area contributed by atoms with Crippen LogP contribution in [0, 0.1) is 0 Å². The maximum Gasteiger partial charge on any atom is 0.242 e. The normalized spacial score (nSPS) is 12.4. The molecule has 0 fully saturated rings. The third-order valence-electron chi connectivity index (χ3n) is 4.21. The lowest BCUT2D eigenvalue weighted by molar-refractivity contribution is -0.117. The molecule has 0 heterocycles. The molecule has 0 bridgehead atoms. The maximum absolute atomic E-state index is 12.5. The van der Waals surface area contributed by atoms with Crippen LogP contribution in [-0.2, 0) is 21.2 Å². The van der Waals surface area contributed by atoms with Crippen LogP contribution in [0.4, 0.5) is 5.69 Å². The van der Waals surface area contributed by atoms with Crippen molar-refractivity contribution in [3.8, 4) is 5.75 Å². The van der Waals surface area contributed by atoms with Gasteiger partial charge in [0.15, 0.2) is 0 Å². The Labute approximate surface area is 167 Å². The number of unbranched alkanes of at least 4 members (excludes halogenated alkanes) is 1. The minimum absolute atomic E-state index is 0.0795. The molecule has 28 heavy (non-hydrogen) atoms. The number of hydrogen-bond acceptors (Lipinski definition) is 4. The van der Waals surface area contributed by atoms with Gasteiger partial charge < -0.3 is 10.1 Å². The van der Waals surface area contributed by atoms with Crippen LogP contribution < -0.4 is 14.8 Å². The first-order valence-corrected chi connectivity index (χ1v) is 11.0. The summed E-state index contributed by atoms with van der Waals surface area (Å²) in [5.41, 5.74) is 1.85. The van der Waals surface area contributed by atoms with Crippen LogP contribution in [0.2, 0.25) is 0 Å². The Kier molecular flexibility index (Phi) is 8.02. The number of nitrogens with one attached hydrogen (secondary N) is 2. The summed E-state index contributed by atoms with van der Waals surface area (Å²) >= 11 is 0. The summed E-state index contributed by atoms with van der Waals surface area (Å²) in [6, 6.07) is 12.8. The minimum Gasteiger partial charge on any atom is -0.494 e. The van der Waals surface area contributed by atoms with Crippen molar-refractivity contribution in [2.24, 2.45) is 0 Å². The molecular weight excluding hydrogens is 376 g/mol. The van der Waals surface area contributed by atoms with Gasteiger partial charge in [-0.3, -0.25) is 4.79 Å². The van der Waals surface area contributed by atoms with Crippen LogP contribution in [0.5, 0.6) is 5.75 Å². The van der Waals surface area contributed by atoms with Crippen molar-refractivity contribution < 1.29 is 17.9 Å². The van der Waals surface area contributed by atoms with E-state index in [1.165, 1.54) is 24.6 Å². The number of carbonyl (C=O) groups excluding carboxylic acids is 1. The van der Waals surface area contributed by atoms with Crippen LogP contribution in [0.3, 0.4) is 0 Å². The van der Waals surface area contributed by atoms with Crippen molar-refractivity contribution in [2.75, 3.05) is 11.9 Å². The molecule has 0 radical (unpaired) electrons. The van der Waals surface area contributed by atoms with E-state index in [0.717, 1.165) is 19.3 Å². The molecular formula is C21H28N2O4S. The van der Waals surface area contributed by atoms with Gasteiger partial charge in [-0.2, -0.15) is 4.72 Å². The Bertz CT molecular complexity index is 862. The first kappa shape index (κ1) is 21.9. The molecule has 0 aromatic heterocycles. The Balaban J connectivity index is 1.96. The highest BCUT2D eigenvalue weighted by Crippen LogP contribution is 2.17. The average Bonchev–Trinajstić information content (AvgIpc) is 2.68. The lowest BCUT2D eigenvalue weighted by atomic mass is 10.1. The van der Waals surface area contributed by atoms with Gasteiger partial charge in [0.2, 0.25) is 15.9 Å². The van der Waals surface area contributed by atoms with Gasteiger partial charge in [0.05, 0.1) is 17.5 Å². The Morgan fingerprint density at radius 2 is 1.68 bits per heavy atom. The molecule has 6 nitrogen and oxygen atoms in total. The number of sulfonamides is 1. The van der Waals surface area contributed by atoms with Crippen LogP contribution in [0.25, 0.3) is 0 Å². The van der Waals surface area contributed by atoms with E-state index in [1.807, 2.05) is 31.2 Å². The van der Waals surface area contributed by atoms with Crippen molar-refractivity contribution in [2.45, 2.75) is 51.0 Å². The highest BCUT2D eigenvalue weighted by molar-refractivity contribution is 7.89. The van der Waals surface area contributed by atoms with Gasteiger partial charge in [-0.25, -0.2) is 8.42 Å². The van der Waals surface area contributed by atoms with E-state index in [9.17, 15) is 13.2 Å². The van der Waals surface area contributed by atoms with E-state index in [-0.39, 0.29) is 4.90 Å². The molecule has 7 heteroatoms. The highest BCUT2D eigenvalue weighted by Gasteiger charge is 2.22.